The van der Waals surface area contributed by atoms with Crippen LogP contribution < -0.4 is 0 Å². The van der Waals surface area contributed by atoms with Gasteiger partial charge in [0.2, 0.25) is 0 Å². The average Bonchev–Trinajstić information content (AvgIpc) is 2.18. The lowest BCUT2D eigenvalue weighted by molar-refractivity contribution is -0.0601. The van der Waals surface area contributed by atoms with Crippen LogP contribution >= 0.6 is 0 Å². The molecule has 0 unspecified atom stereocenters. The van der Waals surface area contributed by atoms with E-state index >= 15 is 0 Å². The summed E-state index contributed by atoms with van der Waals surface area (Å²) in [5.41, 5.74) is 0.555. The number of ether oxygens (including phenoxy) is 1. The van der Waals surface area contributed by atoms with Gasteiger partial charge in [-0.3, -0.25) is 0 Å². The molecule has 0 spiro atoms. The highest BCUT2D eigenvalue weighted by Crippen LogP contribution is 2.40. The summed E-state index contributed by atoms with van der Waals surface area (Å²) in [6, 6.07) is 0. The Hall–Kier alpha value is -0.0800. The maximum Gasteiger partial charge on any atom is 0.0527 e. The summed E-state index contributed by atoms with van der Waals surface area (Å²) >= 11 is 0. The van der Waals surface area contributed by atoms with E-state index in [0.29, 0.717) is 11.5 Å². The summed E-state index contributed by atoms with van der Waals surface area (Å²) in [7, 11) is 0. The van der Waals surface area contributed by atoms with Crippen molar-refractivity contribution in [2.75, 3.05) is 26.2 Å². The Kier molecular flexibility index (Phi) is 2.61. The predicted octanol–water partition coefficient (Wildman–Crippen LogP) is 1.90. The summed E-state index contributed by atoms with van der Waals surface area (Å²) in [6.45, 7) is 9.19. The lowest BCUT2D eigenvalue weighted by Gasteiger charge is -2.48. The molecule has 2 heteroatoms. The topological polar surface area (TPSA) is 12.5 Å². The molecule has 3 aliphatic rings. The SMILES string of the molecule is CC(C)OCC12CCN(CC1)CC2. The van der Waals surface area contributed by atoms with Crippen LogP contribution in [0.2, 0.25) is 0 Å². The Morgan fingerprint density at radius 2 is 1.69 bits per heavy atom. The van der Waals surface area contributed by atoms with E-state index in [2.05, 4.69) is 18.7 Å². The van der Waals surface area contributed by atoms with Crippen molar-refractivity contribution >= 4 is 0 Å². The molecule has 3 heterocycles. The molecular weight excluding hydrogens is 162 g/mol. The molecule has 3 rings (SSSR count). The van der Waals surface area contributed by atoms with Gasteiger partial charge in [-0.05, 0) is 58.2 Å². The maximum absolute atomic E-state index is 5.78. The van der Waals surface area contributed by atoms with Crippen LogP contribution in [0.4, 0.5) is 0 Å². The molecule has 76 valence electrons. The number of hydrogen-bond donors (Lipinski definition) is 0. The molecule has 0 amide bonds. The van der Waals surface area contributed by atoms with Gasteiger partial charge in [-0.25, -0.2) is 0 Å². The zero-order valence-electron chi connectivity index (χ0n) is 8.88. The van der Waals surface area contributed by atoms with E-state index in [9.17, 15) is 0 Å². The minimum Gasteiger partial charge on any atom is -0.378 e. The van der Waals surface area contributed by atoms with Crippen molar-refractivity contribution in [2.24, 2.45) is 5.41 Å². The second kappa shape index (κ2) is 3.58. The Balaban J connectivity index is 1.87. The molecule has 13 heavy (non-hydrogen) atoms. The molecule has 3 aliphatic heterocycles. The fourth-order valence-electron chi connectivity index (χ4n) is 2.46. The first kappa shape index (κ1) is 9.47. The lowest BCUT2D eigenvalue weighted by atomic mass is 9.73. The summed E-state index contributed by atoms with van der Waals surface area (Å²) in [6.07, 6.45) is 4.48. The molecule has 2 nitrogen and oxygen atoms in total. The van der Waals surface area contributed by atoms with Gasteiger partial charge in [-0.1, -0.05) is 0 Å². The Morgan fingerprint density at radius 3 is 2.15 bits per heavy atom. The van der Waals surface area contributed by atoms with Gasteiger partial charge < -0.3 is 9.64 Å². The number of nitrogens with zero attached hydrogens (tertiary/aromatic N) is 1. The summed E-state index contributed by atoms with van der Waals surface area (Å²) < 4.78 is 5.78. The third-order valence-electron chi connectivity index (χ3n) is 3.60. The van der Waals surface area contributed by atoms with E-state index in [1.807, 2.05) is 0 Å². The molecule has 0 atom stereocenters. The largest absolute Gasteiger partial charge is 0.378 e. The molecule has 0 aromatic carbocycles. The molecular formula is C11H21NO. The van der Waals surface area contributed by atoms with E-state index < -0.39 is 0 Å². The second-order valence-electron chi connectivity index (χ2n) is 4.95. The number of hydrogen-bond acceptors (Lipinski definition) is 2. The van der Waals surface area contributed by atoms with Gasteiger partial charge in [0.25, 0.3) is 0 Å². The molecule has 2 bridgehead atoms. The standard InChI is InChI=1S/C11H21NO/c1-10(2)13-9-11-3-6-12(7-4-11)8-5-11/h10H,3-9H2,1-2H3. The molecule has 3 saturated heterocycles. The first-order chi connectivity index (χ1) is 6.20. The van der Waals surface area contributed by atoms with Crippen molar-refractivity contribution < 1.29 is 4.74 Å². The molecule has 0 radical (unpaired) electrons. The molecule has 0 aromatic rings. The minimum absolute atomic E-state index is 0.398. The van der Waals surface area contributed by atoms with Crippen LogP contribution in [0.3, 0.4) is 0 Å². The van der Waals surface area contributed by atoms with Gasteiger partial charge in [-0.15, -0.1) is 0 Å². The van der Waals surface area contributed by atoms with Gasteiger partial charge in [-0.2, -0.15) is 0 Å². The summed E-state index contributed by atoms with van der Waals surface area (Å²) in [4.78, 5) is 2.58. The molecule has 0 N–H and O–H groups in total. The fraction of sp³-hybridized carbons (Fsp3) is 1.00. The quantitative estimate of drug-likeness (QED) is 0.662. The molecule has 0 aliphatic carbocycles. The normalized spacial score (nSPS) is 38.5. The molecule has 0 saturated carbocycles. The minimum atomic E-state index is 0.398. The maximum atomic E-state index is 5.78. The van der Waals surface area contributed by atoms with Gasteiger partial charge in [0.15, 0.2) is 0 Å². The lowest BCUT2D eigenvalue weighted by Crippen LogP contribution is -2.50. The highest BCUT2D eigenvalue weighted by molar-refractivity contribution is 4.91. The van der Waals surface area contributed by atoms with E-state index in [1.165, 1.54) is 38.9 Å². The summed E-state index contributed by atoms with van der Waals surface area (Å²) in [5, 5.41) is 0. The first-order valence-corrected chi connectivity index (χ1v) is 5.54. The molecule has 0 aromatic heterocycles. The van der Waals surface area contributed by atoms with Crippen molar-refractivity contribution in [1.82, 2.24) is 4.90 Å². The van der Waals surface area contributed by atoms with Crippen LogP contribution in [-0.4, -0.2) is 37.2 Å². The number of piperidine rings is 3. The van der Waals surface area contributed by atoms with Crippen molar-refractivity contribution in [2.45, 2.75) is 39.2 Å². The second-order valence-corrected chi connectivity index (χ2v) is 4.95. The summed E-state index contributed by atoms with van der Waals surface area (Å²) in [5.74, 6) is 0. The van der Waals surface area contributed by atoms with Gasteiger partial charge >= 0.3 is 0 Å². The highest BCUT2D eigenvalue weighted by atomic mass is 16.5. The highest BCUT2D eigenvalue weighted by Gasteiger charge is 2.39. The zero-order valence-corrected chi connectivity index (χ0v) is 8.88. The van der Waals surface area contributed by atoms with E-state index in [0.717, 1.165) is 6.61 Å². The van der Waals surface area contributed by atoms with Crippen LogP contribution in [0.1, 0.15) is 33.1 Å². The average molecular weight is 183 g/mol. The van der Waals surface area contributed by atoms with E-state index in [-0.39, 0.29) is 0 Å². The Bertz CT molecular complexity index is 157. The van der Waals surface area contributed by atoms with Gasteiger partial charge in [0, 0.05) is 0 Å². The third-order valence-corrected chi connectivity index (χ3v) is 3.60. The monoisotopic (exact) mass is 183 g/mol. The van der Waals surface area contributed by atoms with Crippen LogP contribution in [0.15, 0.2) is 0 Å². The predicted molar refractivity (Wildman–Crippen MR) is 53.8 cm³/mol. The Labute approximate surface area is 81.3 Å². The van der Waals surface area contributed by atoms with E-state index in [1.54, 1.807) is 0 Å². The van der Waals surface area contributed by atoms with E-state index in [4.69, 9.17) is 4.74 Å². The van der Waals surface area contributed by atoms with Crippen molar-refractivity contribution in [3.63, 3.8) is 0 Å². The smallest absolute Gasteiger partial charge is 0.0527 e. The zero-order chi connectivity index (χ0) is 9.31. The first-order valence-electron chi connectivity index (χ1n) is 5.54. The van der Waals surface area contributed by atoms with Crippen molar-refractivity contribution in [3.8, 4) is 0 Å². The van der Waals surface area contributed by atoms with Gasteiger partial charge in [0.05, 0.1) is 12.7 Å². The van der Waals surface area contributed by atoms with Crippen molar-refractivity contribution in [1.29, 1.82) is 0 Å². The van der Waals surface area contributed by atoms with Crippen molar-refractivity contribution in [3.05, 3.63) is 0 Å². The van der Waals surface area contributed by atoms with Crippen LogP contribution in [0.5, 0.6) is 0 Å². The fourth-order valence-corrected chi connectivity index (χ4v) is 2.46. The Morgan fingerprint density at radius 1 is 1.15 bits per heavy atom. The van der Waals surface area contributed by atoms with Crippen LogP contribution in [0, 0.1) is 5.41 Å². The number of rotatable bonds is 3. The molecule has 3 fully saturated rings. The van der Waals surface area contributed by atoms with Crippen LogP contribution in [0.25, 0.3) is 0 Å². The number of fused-ring (bicyclic) bond motifs is 3. The van der Waals surface area contributed by atoms with Gasteiger partial charge in [0.1, 0.15) is 0 Å². The third kappa shape index (κ3) is 2.05. The van der Waals surface area contributed by atoms with Crippen LogP contribution in [-0.2, 0) is 4.74 Å².